The third-order valence-electron chi connectivity index (χ3n) is 2.94. The van der Waals surface area contributed by atoms with Crippen molar-refractivity contribution in [2.45, 2.75) is 19.9 Å². The first-order valence-electron chi connectivity index (χ1n) is 5.95. The summed E-state index contributed by atoms with van der Waals surface area (Å²) in [6.07, 6.45) is 0. The molecular formula is C15H14ClF2N. The van der Waals surface area contributed by atoms with Crippen LogP contribution in [-0.4, -0.2) is 0 Å². The maximum atomic E-state index is 13.7. The minimum Gasteiger partial charge on any atom is -0.377 e. The Labute approximate surface area is 116 Å². The van der Waals surface area contributed by atoms with E-state index in [-0.39, 0.29) is 11.6 Å². The van der Waals surface area contributed by atoms with Crippen molar-refractivity contribution in [1.82, 2.24) is 0 Å². The van der Waals surface area contributed by atoms with Gasteiger partial charge in [-0.25, -0.2) is 8.78 Å². The summed E-state index contributed by atoms with van der Waals surface area (Å²) < 4.78 is 26.9. The van der Waals surface area contributed by atoms with E-state index in [1.807, 2.05) is 19.1 Å². The largest absolute Gasteiger partial charge is 0.377 e. The summed E-state index contributed by atoms with van der Waals surface area (Å²) in [5.74, 6) is -1.67. The van der Waals surface area contributed by atoms with Gasteiger partial charge in [-0.15, -0.1) is 0 Å². The molecule has 100 valence electrons. The molecule has 0 aromatic heterocycles. The second-order valence-electron chi connectivity index (χ2n) is 4.49. The molecule has 0 radical (unpaired) electrons. The Balaban J connectivity index is 2.28. The van der Waals surface area contributed by atoms with Crippen LogP contribution in [0, 0.1) is 18.6 Å². The van der Waals surface area contributed by atoms with E-state index in [1.54, 1.807) is 19.1 Å². The lowest BCUT2D eigenvalue weighted by Crippen LogP contribution is -2.10. The fourth-order valence-corrected chi connectivity index (χ4v) is 2.09. The van der Waals surface area contributed by atoms with Gasteiger partial charge in [0.1, 0.15) is 0 Å². The van der Waals surface area contributed by atoms with Gasteiger partial charge in [0.25, 0.3) is 0 Å². The molecule has 0 amide bonds. The van der Waals surface area contributed by atoms with Gasteiger partial charge in [0, 0.05) is 5.56 Å². The van der Waals surface area contributed by atoms with E-state index in [2.05, 4.69) is 5.32 Å². The molecule has 19 heavy (non-hydrogen) atoms. The zero-order valence-corrected chi connectivity index (χ0v) is 11.4. The van der Waals surface area contributed by atoms with Gasteiger partial charge in [0.15, 0.2) is 11.6 Å². The highest BCUT2D eigenvalue weighted by atomic mass is 35.5. The van der Waals surface area contributed by atoms with Crippen LogP contribution >= 0.6 is 11.6 Å². The van der Waals surface area contributed by atoms with Crippen LogP contribution in [0.15, 0.2) is 36.4 Å². The van der Waals surface area contributed by atoms with Crippen LogP contribution < -0.4 is 5.32 Å². The first kappa shape index (κ1) is 13.8. The van der Waals surface area contributed by atoms with Gasteiger partial charge >= 0.3 is 0 Å². The van der Waals surface area contributed by atoms with Gasteiger partial charge in [-0.05, 0) is 37.6 Å². The van der Waals surface area contributed by atoms with Crippen molar-refractivity contribution < 1.29 is 8.78 Å². The number of hydrogen-bond donors (Lipinski definition) is 1. The Morgan fingerprint density at radius 3 is 2.63 bits per heavy atom. The maximum Gasteiger partial charge on any atom is 0.164 e. The molecule has 1 unspecified atom stereocenters. The highest BCUT2D eigenvalue weighted by Gasteiger charge is 2.15. The second kappa shape index (κ2) is 5.57. The molecule has 1 N–H and O–H groups in total. The fraction of sp³-hybridized carbons (Fsp3) is 0.200. The lowest BCUT2D eigenvalue weighted by atomic mass is 10.1. The van der Waals surface area contributed by atoms with Crippen LogP contribution in [0.5, 0.6) is 0 Å². The molecule has 0 heterocycles. The molecule has 0 bridgehead atoms. The molecular weight excluding hydrogens is 268 g/mol. The quantitative estimate of drug-likeness (QED) is 0.825. The van der Waals surface area contributed by atoms with Crippen LogP contribution in [0.2, 0.25) is 5.02 Å². The SMILES string of the molecule is Cc1ccc(Cl)c(NC(C)c2cccc(F)c2F)c1. The molecule has 2 aromatic carbocycles. The Kier molecular flexibility index (Phi) is 4.05. The molecule has 0 saturated carbocycles. The summed E-state index contributed by atoms with van der Waals surface area (Å²) in [7, 11) is 0. The first-order valence-corrected chi connectivity index (χ1v) is 6.33. The topological polar surface area (TPSA) is 12.0 Å². The molecule has 0 saturated heterocycles. The molecule has 2 aromatic rings. The van der Waals surface area contributed by atoms with Gasteiger partial charge in [-0.2, -0.15) is 0 Å². The van der Waals surface area contributed by atoms with Crippen LogP contribution in [-0.2, 0) is 0 Å². The zero-order chi connectivity index (χ0) is 14.0. The molecule has 0 spiro atoms. The lowest BCUT2D eigenvalue weighted by Gasteiger charge is -2.18. The highest BCUT2D eigenvalue weighted by Crippen LogP contribution is 2.28. The third kappa shape index (κ3) is 3.04. The van der Waals surface area contributed by atoms with E-state index in [9.17, 15) is 8.78 Å². The minimum absolute atomic E-state index is 0.276. The van der Waals surface area contributed by atoms with Gasteiger partial charge in [0.2, 0.25) is 0 Å². The zero-order valence-electron chi connectivity index (χ0n) is 10.7. The van der Waals surface area contributed by atoms with E-state index in [4.69, 9.17) is 11.6 Å². The summed E-state index contributed by atoms with van der Waals surface area (Å²) in [5.41, 5.74) is 2.02. The van der Waals surface area contributed by atoms with Crippen molar-refractivity contribution in [3.05, 3.63) is 64.2 Å². The number of halogens is 3. The van der Waals surface area contributed by atoms with Crippen molar-refractivity contribution in [3.63, 3.8) is 0 Å². The number of nitrogens with one attached hydrogen (secondary N) is 1. The Bertz CT molecular complexity index is 599. The number of hydrogen-bond acceptors (Lipinski definition) is 1. The molecule has 1 nitrogen and oxygen atoms in total. The molecule has 0 aliphatic rings. The molecule has 2 rings (SSSR count). The van der Waals surface area contributed by atoms with Crippen LogP contribution in [0.4, 0.5) is 14.5 Å². The fourth-order valence-electron chi connectivity index (χ4n) is 1.92. The standard InChI is InChI=1S/C15H14ClF2N/c1-9-6-7-12(16)14(8-9)19-10(2)11-4-3-5-13(17)15(11)18/h3-8,10,19H,1-2H3. The van der Waals surface area contributed by atoms with Crippen LogP contribution in [0.1, 0.15) is 24.1 Å². The summed E-state index contributed by atoms with van der Waals surface area (Å²) in [6, 6.07) is 9.30. The summed E-state index contributed by atoms with van der Waals surface area (Å²) >= 11 is 6.07. The number of aryl methyl sites for hydroxylation is 1. The summed E-state index contributed by atoms with van der Waals surface area (Å²) in [5, 5.41) is 3.65. The number of anilines is 1. The van der Waals surface area contributed by atoms with Gasteiger partial charge in [0.05, 0.1) is 16.8 Å². The number of rotatable bonds is 3. The van der Waals surface area contributed by atoms with E-state index in [1.165, 1.54) is 6.07 Å². The van der Waals surface area contributed by atoms with Crippen LogP contribution in [0.3, 0.4) is 0 Å². The van der Waals surface area contributed by atoms with Gasteiger partial charge in [-0.3, -0.25) is 0 Å². The molecule has 0 aliphatic heterocycles. The van der Waals surface area contributed by atoms with Crippen molar-refractivity contribution in [2.24, 2.45) is 0 Å². The second-order valence-corrected chi connectivity index (χ2v) is 4.90. The average molecular weight is 282 g/mol. The molecule has 1 atom stereocenters. The Morgan fingerprint density at radius 1 is 1.16 bits per heavy atom. The predicted molar refractivity (Wildman–Crippen MR) is 74.6 cm³/mol. The van der Waals surface area contributed by atoms with Crippen molar-refractivity contribution in [1.29, 1.82) is 0 Å². The Hall–Kier alpha value is -1.61. The van der Waals surface area contributed by atoms with Gasteiger partial charge in [-0.1, -0.05) is 29.8 Å². The smallest absolute Gasteiger partial charge is 0.164 e. The predicted octanol–water partition coefficient (Wildman–Crippen LogP) is 5.10. The lowest BCUT2D eigenvalue weighted by molar-refractivity contribution is 0.494. The van der Waals surface area contributed by atoms with Crippen LogP contribution in [0.25, 0.3) is 0 Å². The average Bonchev–Trinajstić information content (AvgIpc) is 2.37. The highest BCUT2D eigenvalue weighted by molar-refractivity contribution is 6.33. The maximum absolute atomic E-state index is 13.7. The van der Waals surface area contributed by atoms with Gasteiger partial charge < -0.3 is 5.32 Å². The van der Waals surface area contributed by atoms with E-state index >= 15 is 0 Å². The molecule has 4 heteroatoms. The molecule has 0 aliphatic carbocycles. The van der Waals surface area contributed by atoms with Crippen molar-refractivity contribution in [3.8, 4) is 0 Å². The van der Waals surface area contributed by atoms with E-state index in [0.717, 1.165) is 11.6 Å². The summed E-state index contributed by atoms with van der Waals surface area (Å²) in [4.78, 5) is 0. The number of benzene rings is 2. The summed E-state index contributed by atoms with van der Waals surface area (Å²) in [6.45, 7) is 3.70. The van der Waals surface area contributed by atoms with Crippen molar-refractivity contribution in [2.75, 3.05) is 5.32 Å². The molecule has 0 fully saturated rings. The monoisotopic (exact) mass is 281 g/mol. The van der Waals surface area contributed by atoms with E-state index < -0.39 is 11.6 Å². The first-order chi connectivity index (χ1) is 8.99. The minimum atomic E-state index is -0.846. The van der Waals surface area contributed by atoms with E-state index in [0.29, 0.717) is 10.7 Å². The third-order valence-corrected chi connectivity index (χ3v) is 3.27. The van der Waals surface area contributed by atoms with Crippen molar-refractivity contribution >= 4 is 17.3 Å². The normalized spacial score (nSPS) is 12.3. The Morgan fingerprint density at radius 2 is 1.89 bits per heavy atom.